The van der Waals surface area contributed by atoms with Crippen molar-refractivity contribution in [2.75, 3.05) is 39.6 Å². The lowest BCUT2D eigenvalue weighted by atomic mass is 10.0. The fourth-order valence-corrected chi connectivity index (χ4v) is 12.2. The predicted molar refractivity (Wildman–Crippen MR) is 358 cm³/mol. The maximum absolute atomic E-state index is 13.0. The molecule has 0 saturated carbocycles. The number of carbonyl (C=O) groups excluding carboxylic acids is 4. The van der Waals surface area contributed by atoms with Gasteiger partial charge in [-0.2, -0.15) is 0 Å². The van der Waals surface area contributed by atoms with Crippen LogP contribution in [0.15, 0.2) is 0 Å². The first-order valence-electron chi connectivity index (χ1n) is 36.6. The van der Waals surface area contributed by atoms with Gasteiger partial charge in [0, 0.05) is 25.7 Å². The van der Waals surface area contributed by atoms with E-state index in [9.17, 15) is 43.2 Å². The number of hydrogen-bond donors (Lipinski definition) is 3. The van der Waals surface area contributed by atoms with Crippen LogP contribution >= 0.6 is 15.6 Å². The molecule has 2 unspecified atom stereocenters. The van der Waals surface area contributed by atoms with Crippen LogP contribution in [-0.4, -0.2) is 96.7 Å². The van der Waals surface area contributed by atoms with Gasteiger partial charge in [-0.05, 0) is 31.6 Å². The minimum atomic E-state index is -4.95. The fourth-order valence-electron chi connectivity index (χ4n) is 10.6. The summed E-state index contributed by atoms with van der Waals surface area (Å²) in [6.45, 7) is 7.16. The standard InChI is InChI=1S/C70H136O17P2/c1-6-9-12-15-18-21-24-26-27-28-29-31-33-36-39-46-51-56-70(75)86-65(59-80-67(72)53-48-43-37-35-32-30-25-22-19-16-13-10-7-2)61-84-88(76,77)82-57-64(71)58-83-89(78,79)85-62-66(60-81-68(73)54-49-44-41-40-42-47-52-63(4)5)87-69(74)55-50-45-38-34-23-20-17-14-11-8-3/h63-66,71H,6-62H2,1-5H3,(H,76,77)(H,78,79)/t64-,65-,66-/m1/s1. The Morgan fingerprint density at radius 2 is 0.517 bits per heavy atom. The van der Waals surface area contributed by atoms with Gasteiger partial charge in [0.05, 0.1) is 26.4 Å². The van der Waals surface area contributed by atoms with E-state index in [-0.39, 0.29) is 25.7 Å². The second kappa shape index (κ2) is 63.5. The molecule has 0 bridgehead atoms. The molecule has 0 aliphatic carbocycles. The van der Waals surface area contributed by atoms with E-state index in [1.165, 1.54) is 180 Å². The molecule has 0 rings (SSSR count). The van der Waals surface area contributed by atoms with Crippen LogP contribution in [0.25, 0.3) is 0 Å². The van der Waals surface area contributed by atoms with Gasteiger partial charge >= 0.3 is 39.5 Å². The molecule has 0 spiro atoms. The van der Waals surface area contributed by atoms with E-state index in [2.05, 4.69) is 34.6 Å². The van der Waals surface area contributed by atoms with Crippen molar-refractivity contribution < 1.29 is 80.2 Å². The van der Waals surface area contributed by atoms with Crippen LogP contribution in [-0.2, 0) is 65.4 Å². The highest BCUT2D eigenvalue weighted by Crippen LogP contribution is 2.45. The Labute approximate surface area is 543 Å². The Hall–Kier alpha value is -1.94. The number of aliphatic hydroxyl groups is 1. The van der Waals surface area contributed by atoms with E-state index >= 15 is 0 Å². The molecule has 0 saturated heterocycles. The molecular weight excluding hydrogens is 1170 g/mol. The van der Waals surface area contributed by atoms with Crippen molar-refractivity contribution in [3.05, 3.63) is 0 Å². The van der Waals surface area contributed by atoms with Crippen LogP contribution in [0.5, 0.6) is 0 Å². The van der Waals surface area contributed by atoms with Gasteiger partial charge in [-0.25, -0.2) is 9.13 Å². The second-order valence-corrected chi connectivity index (χ2v) is 28.7. The predicted octanol–water partition coefficient (Wildman–Crippen LogP) is 20.1. The molecule has 0 aromatic carbocycles. The molecule has 0 aliphatic heterocycles. The summed E-state index contributed by atoms with van der Waals surface area (Å²) in [7, 11) is -9.90. The number of esters is 4. The Morgan fingerprint density at radius 1 is 0.303 bits per heavy atom. The minimum absolute atomic E-state index is 0.106. The Bertz CT molecular complexity index is 1720. The third-order valence-electron chi connectivity index (χ3n) is 16.3. The lowest BCUT2D eigenvalue weighted by molar-refractivity contribution is -0.161. The molecule has 89 heavy (non-hydrogen) atoms. The molecular formula is C70H136O17P2. The smallest absolute Gasteiger partial charge is 0.462 e. The van der Waals surface area contributed by atoms with Gasteiger partial charge in [0.1, 0.15) is 19.3 Å². The molecule has 528 valence electrons. The number of phosphoric acid groups is 2. The summed E-state index contributed by atoms with van der Waals surface area (Å²) in [6.07, 6.45) is 50.0. The number of carbonyl (C=O) groups is 4. The van der Waals surface area contributed by atoms with E-state index in [1.807, 2.05) is 0 Å². The van der Waals surface area contributed by atoms with E-state index in [4.69, 9.17) is 37.0 Å². The average molecular weight is 1310 g/mol. The normalized spacial score (nSPS) is 14.1. The molecule has 0 heterocycles. The largest absolute Gasteiger partial charge is 0.472 e. The SMILES string of the molecule is CCCCCCCCCCCCCCCCCCCC(=O)O[C@H](COC(=O)CCCCCCCCCCCCCCC)COP(=O)(O)OC[C@@H](O)COP(=O)(O)OC[C@@H](COC(=O)CCCCCCCCC(C)C)OC(=O)CCCCCCCCCCCC. The maximum Gasteiger partial charge on any atom is 0.472 e. The Morgan fingerprint density at radius 3 is 0.764 bits per heavy atom. The first-order valence-corrected chi connectivity index (χ1v) is 39.6. The zero-order valence-electron chi connectivity index (χ0n) is 57.6. The van der Waals surface area contributed by atoms with Crippen LogP contribution in [0.4, 0.5) is 0 Å². The lowest BCUT2D eigenvalue weighted by Gasteiger charge is -2.21. The highest BCUT2D eigenvalue weighted by atomic mass is 31.2. The van der Waals surface area contributed by atoms with Crippen LogP contribution in [0.3, 0.4) is 0 Å². The van der Waals surface area contributed by atoms with Gasteiger partial charge in [-0.1, -0.05) is 311 Å². The van der Waals surface area contributed by atoms with Crippen molar-refractivity contribution in [1.29, 1.82) is 0 Å². The molecule has 0 fully saturated rings. The van der Waals surface area contributed by atoms with Gasteiger partial charge in [-0.15, -0.1) is 0 Å². The summed E-state index contributed by atoms with van der Waals surface area (Å²) in [5, 5.41) is 10.6. The van der Waals surface area contributed by atoms with Crippen LogP contribution in [0, 0.1) is 5.92 Å². The Balaban J connectivity index is 5.22. The zero-order valence-corrected chi connectivity index (χ0v) is 59.4. The monoisotopic (exact) mass is 1310 g/mol. The summed E-state index contributed by atoms with van der Waals surface area (Å²) < 4.78 is 68.2. The summed E-state index contributed by atoms with van der Waals surface area (Å²) in [5.41, 5.74) is 0. The van der Waals surface area contributed by atoms with E-state index in [1.54, 1.807) is 0 Å². The molecule has 0 aromatic heterocycles. The van der Waals surface area contributed by atoms with Crippen molar-refractivity contribution in [2.24, 2.45) is 5.92 Å². The lowest BCUT2D eigenvalue weighted by Crippen LogP contribution is -2.30. The number of phosphoric ester groups is 2. The minimum Gasteiger partial charge on any atom is -0.462 e. The number of unbranched alkanes of at least 4 members (excludes halogenated alkanes) is 42. The van der Waals surface area contributed by atoms with Gasteiger partial charge < -0.3 is 33.8 Å². The summed E-state index contributed by atoms with van der Waals surface area (Å²) in [5.74, 6) is -1.44. The highest BCUT2D eigenvalue weighted by Gasteiger charge is 2.30. The van der Waals surface area contributed by atoms with Gasteiger partial charge in [0.2, 0.25) is 0 Å². The zero-order chi connectivity index (χ0) is 65.6. The molecule has 3 N–H and O–H groups in total. The Kier molecular flexibility index (Phi) is 62.1. The quantitative estimate of drug-likeness (QED) is 0.0222. The van der Waals surface area contributed by atoms with E-state index in [0.717, 1.165) is 96.3 Å². The topological polar surface area (TPSA) is 237 Å². The number of ether oxygens (including phenoxy) is 4. The number of rotatable bonds is 70. The van der Waals surface area contributed by atoms with Crippen LogP contribution in [0.1, 0.15) is 362 Å². The van der Waals surface area contributed by atoms with Crippen molar-refractivity contribution in [2.45, 2.75) is 380 Å². The second-order valence-electron chi connectivity index (χ2n) is 25.7. The van der Waals surface area contributed by atoms with Crippen molar-refractivity contribution in [1.82, 2.24) is 0 Å². The maximum atomic E-state index is 13.0. The summed E-state index contributed by atoms with van der Waals surface area (Å²) >= 11 is 0. The molecule has 5 atom stereocenters. The van der Waals surface area contributed by atoms with E-state index < -0.39 is 97.5 Å². The summed E-state index contributed by atoms with van der Waals surface area (Å²) in [4.78, 5) is 72.5. The van der Waals surface area contributed by atoms with Crippen molar-refractivity contribution >= 4 is 39.5 Å². The number of aliphatic hydroxyl groups excluding tert-OH is 1. The highest BCUT2D eigenvalue weighted by molar-refractivity contribution is 7.47. The van der Waals surface area contributed by atoms with Crippen LogP contribution < -0.4 is 0 Å². The van der Waals surface area contributed by atoms with Gasteiger partial charge in [-0.3, -0.25) is 37.3 Å². The molecule has 0 radical (unpaired) electrons. The number of hydrogen-bond acceptors (Lipinski definition) is 15. The molecule has 0 aliphatic rings. The third kappa shape index (κ3) is 64.6. The first kappa shape index (κ1) is 87.1. The molecule has 19 heteroatoms. The molecule has 0 aromatic rings. The van der Waals surface area contributed by atoms with Crippen molar-refractivity contribution in [3.63, 3.8) is 0 Å². The van der Waals surface area contributed by atoms with Gasteiger partial charge in [0.25, 0.3) is 0 Å². The fraction of sp³-hybridized carbons (Fsp3) is 0.943. The van der Waals surface area contributed by atoms with Crippen LogP contribution in [0.2, 0.25) is 0 Å². The first-order chi connectivity index (χ1) is 43.0. The molecule has 17 nitrogen and oxygen atoms in total. The van der Waals surface area contributed by atoms with Crippen molar-refractivity contribution in [3.8, 4) is 0 Å². The van der Waals surface area contributed by atoms with E-state index in [0.29, 0.717) is 31.6 Å². The molecule has 0 amide bonds. The average Bonchev–Trinajstić information content (AvgIpc) is 3.60. The van der Waals surface area contributed by atoms with Gasteiger partial charge in [0.15, 0.2) is 12.2 Å². The third-order valence-corrected chi connectivity index (χ3v) is 18.2. The summed E-state index contributed by atoms with van der Waals surface area (Å²) in [6, 6.07) is 0.